The van der Waals surface area contributed by atoms with Gasteiger partial charge in [0.15, 0.2) is 17.3 Å². The molecule has 3 nitrogen and oxygen atoms in total. The number of hydrogen-bond donors (Lipinski definition) is 1. The quantitative estimate of drug-likeness (QED) is 0.494. The number of phenolic OH excluding ortho intramolecular Hbond substituents is 1. The van der Waals surface area contributed by atoms with E-state index < -0.39 is 0 Å². The predicted octanol–water partition coefficient (Wildman–Crippen LogP) is 4.90. The van der Waals surface area contributed by atoms with Crippen LogP contribution in [0.15, 0.2) is 36.4 Å². The lowest BCUT2D eigenvalue weighted by molar-refractivity contribution is -0.110. The molecule has 0 saturated heterocycles. The molecule has 0 aliphatic heterocycles. The van der Waals surface area contributed by atoms with Crippen LogP contribution in [-0.4, -0.2) is 18.0 Å². The summed E-state index contributed by atoms with van der Waals surface area (Å²) in [5.41, 5.74) is 0.816. The topological polar surface area (TPSA) is 46.5 Å². The van der Waals surface area contributed by atoms with Crippen molar-refractivity contribution in [3.8, 4) is 11.5 Å². The highest BCUT2D eigenvalue weighted by Crippen LogP contribution is 2.26. The molecule has 120 valence electrons. The summed E-state index contributed by atoms with van der Waals surface area (Å²) in [6.07, 6.45) is 14.0. The van der Waals surface area contributed by atoms with Gasteiger partial charge in [0, 0.05) is 0 Å². The third kappa shape index (κ3) is 7.11. The summed E-state index contributed by atoms with van der Waals surface area (Å²) < 4.78 is 5.03. The molecule has 1 rings (SSSR count). The number of ether oxygens (including phenoxy) is 1. The third-order valence-electron chi connectivity index (χ3n) is 3.40. The summed E-state index contributed by atoms with van der Waals surface area (Å²) in [7, 11) is 1.50. The Morgan fingerprint density at radius 2 is 1.95 bits per heavy atom. The summed E-state index contributed by atoms with van der Waals surface area (Å²) in [4.78, 5) is 11.7. The first-order valence-corrected chi connectivity index (χ1v) is 7.93. The van der Waals surface area contributed by atoms with Gasteiger partial charge >= 0.3 is 0 Å². The molecule has 1 aromatic carbocycles. The zero-order valence-electron chi connectivity index (χ0n) is 13.5. The average molecular weight is 302 g/mol. The summed E-state index contributed by atoms with van der Waals surface area (Å²) in [6.45, 7) is 2.20. The molecule has 0 aliphatic carbocycles. The van der Waals surface area contributed by atoms with Gasteiger partial charge in [0.25, 0.3) is 0 Å². The Morgan fingerprint density at radius 1 is 1.18 bits per heavy atom. The van der Waals surface area contributed by atoms with Crippen molar-refractivity contribution in [3.05, 3.63) is 42.0 Å². The van der Waals surface area contributed by atoms with Gasteiger partial charge in [-0.2, -0.15) is 0 Å². The molecule has 0 heterocycles. The highest BCUT2D eigenvalue weighted by molar-refractivity contribution is 6.01. The molecule has 0 radical (unpaired) electrons. The third-order valence-corrected chi connectivity index (χ3v) is 3.40. The van der Waals surface area contributed by atoms with Crippen molar-refractivity contribution >= 4 is 11.9 Å². The van der Waals surface area contributed by atoms with Crippen LogP contribution in [0, 0.1) is 0 Å². The van der Waals surface area contributed by atoms with Crippen LogP contribution >= 0.6 is 0 Å². The van der Waals surface area contributed by atoms with Crippen molar-refractivity contribution in [3.63, 3.8) is 0 Å². The standard InChI is InChI=1S/C19H26O3/c1-3-4-5-6-7-8-9-10-17(20)13-11-16-12-14-18(21)19(15-16)22-2/h9-15,21H,3-8H2,1-2H3. The van der Waals surface area contributed by atoms with Crippen LogP contribution in [-0.2, 0) is 4.79 Å². The maximum Gasteiger partial charge on any atom is 0.178 e. The first-order valence-electron chi connectivity index (χ1n) is 7.93. The van der Waals surface area contributed by atoms with E-state index in [2.05, 4.69) is 6.92 Å². The summed E-state index contributed by atoms with van der Waals surface area (Å²) in [6, 6.07) is 4.98. The smallest absolute Gasteiger partial charge is 0.178 e. The number of rotatable bonds is 10. The fourth-order valence-corrected chi connectivity index (χ4v) is 2.10. The number of methoxy groups -OCH3 is 1. The molecular formula is C19H26O3. The van der Waals surface area contributed by atoms with Crippen LogP contribution < -0.4 is 4.74 Å². The van der Waals surface area contributed by atoms with E-state index in [1.807, 2.05) is 6.08 Å². The van der Waals surface area contributed by atoms with E-state index in [1.54, 1.807) is 30.4 Å². The van der Waals surface area contributed by atoms with Gasteiger partial charge in [0.05, 0.1) is 7.11 Å². The molecule has 0 bridgehead atoms. The van der Waals surface area contributed by atoms with E-state index in [0.29, 0.717) is 5.75 Å². The van der Waals surface area contributed by atoms with Crippen molar-refractivity contribution in [1.82, 2.24) is 0 Å². The zero-order chi connectivity index (χ0) is 16.2. The lowest BCUT2D eigenvalue weighted by atomic mass is 10.1. The Morgan fingerprint density at radius 3 is 2.68 bits per heavy atom. The van der Waals surface area contributed by atoms with Crippen LogP contribution in [0.1, 0.15) is 51.0 Å². The van der Waals surface area contributed by atoms with E-state index in [0.717, 1.165) is 18.4 Å². The van der Waals surface area contributed by atoms with Gasteiger partial charge in [0.2, 0.25) is 0 Å². The summed E-state index contributed by atoms with van der Waals surface area (Å²) in [5, 5.41) is 9.51. The lowest BCUT2D eigenvalue weighted by Crippen LogP contribution is -1.87. The molecule has 0 unspecified atom stereocenters. The maximum atomic E-state index is 11.7. The fourth-order valence-electron chi connectivity index (χ4n) is 2.10. The predicted molar refractivity (Wildman–Crippen MR) is 91.2 cm³/mol. The van der Waals surface area contributed by atoms with Gasteiger partial charge in [-0.3, -0.25) is 4.79 Å². The van der Waals surface area contributed by atoms with Gasteiger partial charge in [-0.25, -0.2) is 0 Å². The number of phenols is 1. The minimum Gasteiger partial charge on any atom is -0.504 e. The number of hydrogen-bond acceptors (Lipinski definition) is 3. The number of carbonyl (C=O) groups is 1. The van der Waals surface area contributed by atoms with Crippen LogP contribution in [0.4, 0.5) is 0 Å². The van der Waals surface area contributed by atoms with Crippen LogP contribution in [0.5, 0.6) is 11.5 Å². The molecule has 0 aromatic heterocycles. The number of benzene rings is 1. The van der Waals surface area contributed by atoms with Gasteiger partial charge < -0.3 is 9.84 Å². The molecule has 0 atom stereocenters. The number of aromatic hydroxyl groups is 1. The van der Waals surface area contributed by atoms with E-state index >= 15 is 0 Å². The van der Waals surface area contributed by atoms with Gasteiger partial charge in [-0.05, 0) is 42.7 Å². The summed E-state index contributed by atoms with van der Waals surface area (Å²) >= 11 is 0. The molecular weight excluding hydrogens is 276 g/mol. The molecule has 0 saturated carbocycles. The Balaban J connectivity index is 2.38. The average Bonchev–Trinajstić information content (AvgIpc) is 2.53. The number of unbranched alkanes of at least 4 members (excludes halogenated alkanes) is 5. The highest BCUT2D eigenvalue weighted by Gasteiger charge is 2.00. The number of allylic oxidation sites excluding steroid dienone is 3. The Kier molecular flexibility index (Phi) is 8.73. The van der Waals surface area contributed by atoms with E-state index in [1.165, 1.54) is 38.9 Å². The normalized spacial score (nSPS) is 11.4. The van der Waals surface area contributed by atoms with Crippen LogP contribution in [0.3, 0.4) is 0 Å². The van der Waals surface area contributed by atoms with E-state index in [9.17, 15) is 9.90 Å². The van der Waals surface area contributed by atoms with E-state index in [4.69, 9.17) is 4.74 Å². The molecule has 1 N–H and O–H groups in total. The molecule has 3 heteroatoms. The zero-order valence-corrected chi connectivity index (χ0v) is 13.5. The van der Waals surface area contributed by atoms with Gasteiger partial charge in [0.1, 0.15) is 0 Å². The van der Waals surface area contributed by atoms with Crippen molar-refractivity contribution in [2.75, 3.05) is 7.11 Å². The highest BCUT2D eigenvalue weighted by atomic mass is 16.5. The molecule has 0 amide bonds. The second-order valence-corrected chi connectivity index (χ2v) is 5.27. The second-order valence-electron chi connectivity index (χ2n) is 5.27. The minimum absolute atomic E-state index is 0.0272. The Labute approximate surface area is 133 Å². The van der Waals surface area contributed by atoms with Gasteiger partial charge in [-0.15, -0.1) is 0 Å². The lowest BCUT2D eigenvalue weighted by Gasteiger charge is -2.03. The first kappa shape index (κ1) is 18.0. The molecule has 0 spiro atoms. The number of carbonyl (C=O) groups excluding carboxylic acids is 1. The fraction of sp³-hybridized carbons (Fsp3) is 0.421. The molecule has 22 heavy (non-hydrogen) atoms. The van der Waals surface area contributed by atoms with E-state index in [-0.39, 0.29) is 11.5 Å². The van der Waals surface area contributed by atoms with Crippen LogP contribution in [0.2, 0.25) is 0 Å². The number of ketones is 1. The summed E-state index contributed by atoms with van der Waals surface area (Å²) in [5.74, 6) is 0.465. The minimum atomic E-state index is -0.0272. The van der Waals surface area contributed by atoms with Gasteiger partial charge in [-0.1, -0.05) is 50.8 Å². The molecule has 0 aliphatic rings. The van der Waals surface area contributed by atoms with Crippen molar-refractivity contribution in [2.45, 2.75) is 45.4 Å². The Hall–Kier alpha value is -2.03. The van der Waals surface area contributed by atoms with Crippen molar-refractivity contribution < 1.29 is 14.6 Å². The maximum absolute atomic E-state index is 11.7. The first-order chi connectivity index (χ1) is 10.7. The van der Waals surface area contributed by atoms with Crippen LogP contribution in [0.25, 0.3) is 6.08 Å². The monoisotopic (exact) mass is 302 g/mol. The van der Waals surface area contributed by atoms with Crippen molar-refractivity contribution in [1.29, 1.82) is 0 Å². The molecule has 1 aromatic rings. The SMILES string of the molecule is CCCCCCCC=CC(=O)C=Cc1ccc(O)c(OC)c1. The largest absolute Gasteiger partial charge is 0.504 e. The molecule has 0 fully saturated rings. The second kappa shape index (κ2) is 10.7. The van der Waals surface area contributed by atoms with Crippen molar-refractivity contribution in [2.24, 2.45) is 0 Å². The Bertz CT molecular complexity index is 515.